The Hall–Kier alpha value is -2.11. The highest BCUT2D eigenvalue weighted by atomic mass is 35.5. The van der Waals surface area contributed by atoms with E-state index in [-0.39, 0.29) is 11.6 Å². The fraction of sp³-hybridized carbons (Fsp3) is 0.200. The van der Waals surface area contributed by atoms with Crippen molar-refractivity contribution in [2.75, 3.05) is 6.54 Å². The molecule has 3 N–H and O–H groups in total. The maximum Gasteiger partial charge on any atom is 0.152 e. The number of nitrogens with zero attached hydrogens (tertiary/aromatic N) is 3. The topological polar surface area (TPSA) is 77.0 Å². The van der Waals surface area contributed by atoms with Gasteiger partial charge in [-0.1, -0.05) is 24.3 Å². The normalized spacial score (nSPS) is 11.1. The molecule has 0 fully saturated rings. The number of rotatable bonds is 4. The van der Waals surface area contributed by atoms with Crippen LogP contribution in [-0.2, 0) is 12.3 Å². The lowest BCUT2D eigenvalue weighted by atomic mass is 10.1. The standard InChI is InChI=1S/C15H15ClN4O/c16-9-15-19-18-14(7-8-17)20(15)12-5-1-4-11-10(12)3-2-6-13(11)21/h1-6,21H,7-9,17H2. The maximum atomic E-state index is 10.0. The van der Waals surface area contributed by atoms with Gasteiger partial charge in [0.2, 0.25) is 0 Å². The van der Waals surface area contributed by atoms with Gasteiger partial charge in [0.15, 0.2) is 5.82 Å². The summed E-state index contributed by atoms with van der Waals surface area (Å²) in [6, 6.07) is 11.2. The van der Waals surface area contributed by atoms with E-state index in [2.05, 4.69) is 10.2 Å². The van der Waals surface area contributed by atoms with Crippen LogP contribution in [0, 0.1) is 0 Å². The number of aromatic hydroxyl groups is 1. The van der Waals surface area contributed by atoms with Crippen molar-refractivity contribution < 1.29 is 5.11 Å². The number of fused-ring (bicyclic) bond motifs is 1. The molecule has 0 bridgehead atoms. The lowest BCUT2D eigenvalue weighted by Gasteiger charge is -2.12. The van der Waals surface area contributed by atoms with E-state index in [9.17, 15) is 5.11 Å². The Bertz CT molecular complexity index is 784. The number of nitrogens with two attached hydrogens (primary N) is 1. The van der Waals surface area contributed by atoms with E-state index in [1.54, 1.807) is 6.07 Å². The van der Waals surface area contributed by atoms with Gasteiger partial charge in [-0.3, -0.25) is 4.57 Å². The second-order valence-electron chi connectivity index (χ2n) is 4.69. The Morgan fingerprint density at radius 3 is 2.52 bits per heavy atom. The quantitative estimate of drug-likeness (QED) is 0.725. The molecule has 0 radical (unpaired) electrons. The number of phenolic OH excluding ortho intramolecular Hbond substituents is 1. The Balaban J connectivity index is 2.30. The van der Waals surface area contributed by atoms with Crippen molar-refractivity contribution in [3.63, 3.8) is 0 Å². The Morgan fingerprint density at radius 1 is 1.05 bits per heavy atom. The highest BCUT2D eigenvalue weighted by molar-refractivity contribution is 6.16. The van der Waals surface area contributed by atoms with Gasteiger partial charge in [-0.25, -0.2) is 0 Å². The largest absolute Gasteiger partial charge is 0.507 e. The predicted molar refractivity (Wildman–Crippen MR) is 82.8 cm³/mol. The zero-order valence-electron chi connectivity index (χ0n) is 11.3. The van der Waals surface area contributed by atoms with Gasteiger partial charge < -0.3 is 10.8 Å². The second-order valence-corrected chi connectivity index (χ2v) is 4.96. The zero-order valence-corrected chi connectivity index (χ0v) is 12.1. The summed E-state index contributed by atoms with van der Waals surface area (Å²) in [4.78, 5) is 0. The van der Waals surface area contributed by atoms with Gasteiger partial charge in [0.05, 0.1) is 11.6 Å². The van der Waals surface area contributed by atoms with E-state index in [0.717, 1.165) is 22.3 Å². The SMILES string of the molecule is NCCc1nnc(CCl)n1-c1cccc2c(O)cccc12. The fourth-order valence-corrected chi connectivity index (χ4v) is 2.65. The molecule has 0 aliphatic rings. The molecule has 0 aliphatic carbocycles. The number of benzene rings is 2. The Labute approximate surface area is 127 Å². The number of aromatic nitrogens is 3. The molecule has 6 heteroatoms. The van der Waals surface area contributed by atoms with E-state index in [0.29, 0.717) is 18.8 Å². The first-order valence-electron chi connectivity index (χ1n) is 6.66. The minimum absolute atomic E-state index is 0.246. The number of hydrogen-bond acceptors (Lipinski definition) is 4. The molecule has 1 aromatic heterocycles. The molecule has 5 nitrogen and oxygen atoms in total. The van der Waals surface area contributed by atoms with Crippen molar-refractivity contribution in [3.05, 3.63) is 48.0 Å². The molecular weight excluding hydrogens is 288 g/mol. The smallest absolute Gasteiger partial charge is 0.152 e. The van der Waals surface area contributed by atoms with Gasteiger partial charge in [-0.15, -0.1) is 21.8 Å². The van der Waals surface area contributed by atoms with Crippen molar-refractivity contribution in [1.82, 2.24) is 14.8 Å². The van der Waals surface area contributed by atoms with Crippen LogP contribution in [0.5, 0.6) is 5.75 Å². The van der Waals surface area contributed by atoms with Crippen LogP contribution in [0.3, 0.4) is 0 Å². The van der Waals surface area contributed by atoms with Crippen LogP contribution < -0.4 is 5.73 Å². The third kappa shape index (κ3) is 2.34. The summed E-state index contributed by atoms with van der Waals surface area (Å²) >= 11 is 5.97. The lowest BCUT2D eigenvalue weighted by Crippen LogP contribution is -2.10. The van der Waals surface area contributed by atoms with Gasteiger partial charge in [0.1, 0.15) is 11.6 Å². The molecule has 0 saturated carbocycles. The second kappa shape index (κ2) is 5.71. The third-order valence-electron chi connectivity index (χ3n) is 3.40. The highest BCUT2D eigenvalue weighted by Crippen LogP contribution is 2.30. The van der Waals surface area contributed by atoms with Crippen LogP contribution in [0.15, 0.2) is 36.4 Å². The molecule has 3 aromatic rings. The van der Waals surface area contributed by atoms with E-state index < -0.39 is 0 Å². The molecular formula is C15H15ClN4O. The van der Waals surface area contributed by atoms with Gasteiger partial charge >= 0.3 is 0 Å². The van der Waals surface area contributed by atoms with Crippen LogP contribution >= 0.6 is 11.6 Å². The summed E-state index contributed by atoms with van der Waals surface area (Å²) in [5, 5.41) is 20.0. The first-order chi connectivity index (χ1) is 10.3. The summed E-state index contributed by atoms with van der Waals surface area (Å²) in [5.74, 6) is 1.93. The molecule has 0 spiro atoms. The van der Waals surface area contributed by atoms with Crippen molar-refractivity contribution in [2.24, 2.45) is 5.73 Å². The Morgan fingerprint density at radius 2 is 1.76 bits per heavy atom. The molecule has 0 unspecified atom stereocenters. The molecule has 0 saturated heterocycles. The number of alkyl halides is 1. The summed E-state index contributed by atoms with van der Waals surface area (Å²) in [6.07, 6.45) is 0.610. The molecule has 0 atom stereocenters. The molecule has 0 amide bonds. The Kier molecular flexibility index (Phi) is 3.77. The maximum absolute atomic E-state index is 10.0. The van der Waals surface area contributed by atoms with Crippen molar-refractivity contribution >= 4 is 22.4 Å². The monoisotopic (exact) mass is 302 g/mol. The minimum Gasteiger partial charge on any atom is -0.507 e. The van der Waals surface area contributed by atoms with Gasteiger partial charge in [0.25, 0.3) is 0 Å². The summed E-state index contributed by atoms with van der Waals surface area (Å²) in [7, 11) is 0. The minimum atomic E-state index is 0.246. The number of halogens is 1. The highest BCUT2D eigenvalue weighted by Gasteiger charge is 2.15. The number of phenols is 1. The van der Waals surface area contributed by atoms with Gasteiger partial charge in [-0.05, 0) is 18.7 Å². The van der Waals surface area contributed by atoms with Crippen LogP contribution in [-0.4, -0.2) is 26.4 Å². The van der Waals surface area contributed by atoms with E-state index >= 15 is 0 Å². The molecule has 0 aliphatic heterocycles. The summed E-state index contributed by atoms with van der Waals surface area (Å²) in [6.45, 7) is 0.483. The van der Waals surface area contributed by atoms with E-state index in [1.165, 1.54) is 0 Å². The van der Waals surface area contributed by atoms with Crippen LogP contribution in [0.4, 0.5) is 0 Å². The van der Waals surface area contributed by atoms with Gasteiger partial charge in [0, 0.05) is 17.2 Å². The number of hydrogen-bond donors (Lipinski definition) is 2. The zero-order chi connectivity index (χ0) is 14.8. The first-order valence-corrected chi connectivity index (χ1v) is 7.20. The molecule has 3 rings (SSSR count). The average Bonchev–Trinajstić information content (AvgIpc) is 2.90. The first kappa shape index (κ1) is 13.9. The third-order valence-corrected chi connectivity index (χ3v) is 3.64. The van der Waals surface area contributed by atoms with Crippen LogP contribution in [0.25, 0.3) is 16.5 Å². The van der Waals surface area contributed by atoms with Crippen molar-refractivity contribution in [1.29, 1.82) is 0 Å². The summed E-state index contributed by atoms with van der Waals surface area (Å²) < 4.78 is 1.92. The van der Waals surface area contributed by atoms with Crippen molar-refractivity contribution in [2.45, 2.75) is 12.3 Å². The summed E-state index contributed by atoms with van der Waals surface area (Å²) in [5.41, 5.74) is 6.54. The van der Waals surface area contributed by atoms with Gasteiger partial charge in [-0.2, -0.15) is 0 Å². The van der Waals surface area contributed by atoms with Crippen LogP contribution in [0.1, 0.15) is 11.6 Å². The molecule has 21 heavy (non-hydrogen) atoms. The van der Waals surface area contributed by atoms with E-state index in [1.807, 2.05) is 34.9 Å². The fourth-order valence-electron chi connectivity index (χ4n) is 2.48. The molecule has 108 valence electrons. The average molecular weight is 303 g/mol. The molecule has 1 heterocycles. The van der Waals surface area contributed by atoms with Crippen molar-refractivity contribution in [3.8, 4) is 11.4 Å². The molecule has 2 aromatic carbocycles. The van der Waals surface area contributed by atoms with Crippen LogP contribution in [0.2, 0.25) is 0 Å². The predicted octanol–water partition coefficient (Wildman–Crippen LogP) is 2.37. The lowest BCUT2D eigenvalue weighted by molar-refractivity contribution is 0.481. The van der Waals surface area contributed by atoms with E-state index in [4.69, 9.17) is 17.3 Å².